The minimum Gasteiger partial charge on any atom is -0.377 e. The van der Waals surface area contributed by atoms with E-state index in [9.17, 15) is 4.79 Å². The SMILES string of the molecule is CCC1COCCN1C(=O)[C@@H]1Cc2ccccc2CN1. The fourth-order valence-corrected chi connectivity index (χ4v) is 3.11. The second-order valence-corrected chi connectivity index (χ2v) is 5.57. The van der Waals surface area contributed by atoms with Crippen LogP contribution in [0.3, 0.4) is 0 Å². The number of hydrogen-bond acceptors (Lipinski definition) is 3. The first-order valence-corrected chi connectivity index (χ1v) is 7.48. The van der Waals surface area contributed by atoms with Crippen LogP contribution in [0.5, 0.6) is 0 Å². The Morgan fingerprint density at radius 1 is 1.40 bits per heavy atom. The summed E-state index contributed by atoms with van der Waals surface area (Å²) in [6.45, 7) is 4.95. The third-order valence-electron chi connectivity index (χ3n) is 4.36. The molecule has 20 heavy (non-hydrogen) atoms. The molecule has 2 aliphatic rings. The molecule has 1 N–H and O–H groups in total. The highest BCUT2D eigenvalue weighted by Gasteiger charge is 2.32. The van der Waals surface area contributed by atoms with Crippen LogP contribution in [0.15, 0.2) is 24.3 Å². The molecule has 2 atom stereocenters. The van der Waals surface area contributed by atoms with Crippen LogP contribution in [0.2, 0.25) is 0 Å². The minimum atomic E-state index is -0.0861. The maximum atomic E-state index is 12.7. The monoisotopic (exact) mass is 274 g/mol. The van der Waals surface area contributed by atoms with Crippen LogP contribution in [-0.4, -0.2) is 42.6 Å². The number of nitrogens with one attached hydrogen (secondary N) is 1. The molecule has 108 valence electrons. The van der Waals surface area contributed by atoms with E-state index in [2.05, 4.69) is 36.5 Å². The van der Waals surface area contributed by atoms with Gasteiger partial charge in [0.2, 0.25) is 5.91 Å². The van der Waals surface area contributed by atoms with E-state index in [0.717, 1.165) is 25.9 Å². The molecule has 2 heterocycles. The van der Waals surface area contributed by atoms with Gasteiger partial charge in [0.25, 0.3) is 0 Å². The number of ether oxygens (including phenoxy) is 1. The third-order valence-corrected chi connectivity index (χ3v) is 4.36. The topological polar surface area (TPSA) is 41.6 Å². The summed E-state index contributed by atoms with van der Waals surface area (Å²) in [6, 6.07) is 8.51. The van der Waals surface area contributed by atoms with Gasteiger partial charge in [-0.05, 0) is 24.0 Å². The Morgan fingerprint density at radius 3 is 3.00 bits per heavy atom. The molecule has 3 rings (SSSR count). The molecular weight excluding hydrogens is 252 g/mol. The zero-order valence-corrected chi connectivity index (χ0v) is 12.0. The van der Waals surface area contributed by atoms with E-state index >= 15 is 0 Å². The number of benzene rings is 1. The Hall–Kier alpha value is -1.39. The molecule has 0 bridgehead atoms. The van der Waals surface area contributed by atoms with E-state index in [1.807, 2.05) is 4.90 Å². The quantitative estimate of drug-likeness (QED) is 0.885. The van der Waals surface area contributed by atoms with Crippen LogP contribution in [-0.2, 0) is 22.5 Å². The summed E-state index contributed by atoms with van der Waals surface area (Å²) < 4.78 is 5.48. The highest BCUT2D eigenvalue weighted by atomic mass is 16.5. The number of rotatable bonds is 2. The molecule has 1 aromatic rings. The highest BCUT2D eigenvalue weighted by Crippen LogP contribution is 2.19. The summed E-state index contributed by atoms with van der Waals surface area (Å²) in [5, 5.41) is 3.38. The van der Waals surface area contributed by atoms with E-state index in [0.29, 0.717) is 13.2 Å². The van der Waals surface area contributed by atoms with Crippen molar-refractivity contribution in [3.8, 4) is 0 Å². The van der Waals surface area contributed by atoms with Crippen molar-refractivity contribution in [3.63, 3.8) is 0 Å². The number of amides is 1. The zero-order chi connectivity index (χ0) is 13.9. The second kappa shape index (κ2) is 5.94. The molecule has 1 amide bonds. The first kappa shape index (κ1) is 13.6. The highest BCUT2D eigenvalue weighted by molar-refractivity contribution is 5.83. The van der Waals surface area contributed by atoms with Gasteiger partial charge >= 0.3 is 0 Å². The van der Waals surface area contributed by atoms with Crippen LogP contribution < -0.4 is 5.32 Å². The molecular formula is C16H22N2O2. The Balaban J connectivity index is 1.72. The van der Waals surface area contributed by atoms with E-state index in [4.69, 9.17) is 4.74 Å². The van der Waals surface area contributed by atoms with Gasteiger partial charge in [0.05, 0.1) is 25.3 Å². The van der Waals surface area contributed by atoms with Crippen molar-refractivity contribution in [2.75, 3.05) is 19.8 Å². The molecule has 2 aliphatic heterocycles. The number of carbonyl (C=O) groups excluding carboxylic acids is 1. The largest absolute Gasteiger partial charge is 0.377 e. The Morgan fingerprint density at radius 2 is 2.20 bits per heavy atom. The molecule has 1 saturated heterocycles. The van der Waals surface area contributed by atoms with Gasteiger partial charge in [-0.1, -0.05) is 31.2 Å². The molecule has 1 fully saturated rings. The fraction of sp³-hybridized carbons (Fsp3) is 0.562. The number of morpholine rings is 1. The molecule has 0 spiro atoms. The molecule has 4 nitrogen and oxygen atoms in total. The zero-order valence-electron chi connectivity index (χ0n) is 12.0. The van der Waals surface area contributed by atoms with Gasteiger partial charge < -0.3 is 15.0 Å². The van der Waals surface area contributed by atoms with Gasteiger partial charge in [0.1, 0.15) is 0 Å². The van der Waals surface area contributed by atoms with Crippen LogP contribution >= 0.6 is 0 Å². The average Bonchev–Trinajstić information content (AvgIpc) is 2.53. The smallest absolute Gasteiger partial charge is 0.240 e. The molecule has 0 radical (unpaired) electrons. The lowest BCUT2D eigenvalue weighted by Gasteiger charge is -2.38. The molecule has 0 saturated carbocycles. The second-order valence-electron chi connectivity index (χ2n) is 5.57. The summed E-state index contributed by atoms with van der Waals surface area (Å²) in [5.41, 5.74) is 2.61. The summed E-state index contributed by atoms with van der Waals surface area (Å²) in [6.07, 6.45) is 1.75. The van der Waals surface area contributed by atoms with Gasteiger partial charge in [0.15, 0.2) is 0 Å². The lowest BCUT2D eigenvalue weighted by atomic mass is 9.94. The van der Waals surface area contributed by atoms with Crippen molar-refractivity contribution >= 4 is 5.91 Å². The molecule has 0 aliphatic carbocycles. The molecule has 1 unspecified atom stereocenters. The van der Waals surface area contributed by atoms with Crippen molar-refractivity contribution < 1.29 is 9.53 Å². The van der Waals surface area contributed by atoms with E-state index in [1.165, 1.54) is 11.1 Å². The summed E-state index contributed by atoms with van der Waals surface area (Å²) in [4.78, 5) is 14.7. The maximum Gasteiger partial charge on any atom is 0.240 e. The number of carbonyl (C=O) groups is 1. The van der Waals surface area contributed by atoms with Crippen molar-refractivity contribution in [3.05, 3.63) is 35.4 Å². The maximum absolute atomic E-state index is 12.7. The van der Waals surface area contributed by atoms with Crippen molar-refractivity contribution in [1.82, 2.24) is 10.2 Å². The van der Waals surface area contributed by atoms with Crippen LogP contribution in [0, 0.1) is 0 Å². The predicted octanol–water partition coefficient (Wildman–Crippen LogP) is 1.34. The third kappa shape index (κ3) is 2.58. The van der Waals surface area contributed by atoms with Gasteiger partial charge in [-0.2, -0.15) is 0 Å². The minimum absolute atomic E-state index is 0.0861. The lowest BCUT2D eigenvalue weighted by Crippen LogP contribution is -2.56. The van der Waals surface area contributed by atoms with Crippen molar-refractivity contribution in [2.24, 2.45) is 0 Å². The van der Waals surface area contributed by atoms with Crippen molar-refractivity contribution in [1.29, 1.82) is 0 Å². The summed E-state index contributed by atoms with van der Waals surface area (Å²) >= 11 is 0. The Labute approximate surface area is 120 Å². The van der Waals surface area contributed by atoms with Gasteiger partial charge in [0, 0.05) is 13.1 Å². The number of fused-ring (bicyclic) bond motifs is 1. The number of hydrogen-bond donors (Lipinski definition) is 1. The first-order chi connectivity index (χ1) is 9.79. The summed E-state index contributed by atoms with van der Waals surface area (Å²) in [5.74, 6) is 0.231. The van der Waals surface area contributed by atoms with Crippen LogP contribution in [0.25, 0.3) is 0 Å². The van der Waals surface area contributed by atoms with Crippen molar-refractivity contribution in [2.45, 2.75) is 38.4 Å². The van der Waals surface area contributed by atoms with Crippen LogP contribution in [0.1, 0.15) is 24.5 Å². The predicted molar refractivity (Wildman–Crippen MR) is 77.4 cm³/mol. The van der Waals surface area contributed by atoms with Gasteiger partial charge in [-0.25, -0.2) is 0 Å². The molecule has 0 aromatic heterocycles. The van der Waals surface area contributed by atoms with Gasteiger partial charge in [-0.15, -0.1) is 0 Å². The van der Waals surface area contributed by atoms with E-state index in [-0.39, 0.29) is 18.0 Å². The van der Waals surface area contributed by atoms with Gasteiger partial charge in [-0.3, -0.25) is 4.79 Å². The first-order valence-electron chi connectivity index (χ1n) is 7.48. The molecule has 1 aromatic carbocycles. The van der Waals surface area contributed by atoms with E-state index in [1.54, 1.807) is 0 Å². The Kier molecular flexibility index (Phi) is 4.03. The van der Waals surface area contributed by atoms with Crippen LogP contribution in [0.4, 0.5) is 0 Å². The number of nitrogens with zero attached hydrogens (tertiary/aromatic N) is 1. The Bertz CT molecular complexity index is 489. The standard InChI is InChI=1S/C16H22N2O2/c1-2-14-11-20-8-7-18(14)16(19)15-9-12-5-3-4-6-13(12)10-17-15/h3-6,14-15,17H,2,7-11H2,1H3/t14?,15-/m0/s1. The van der Waals surface area contributed by atoms with E-state index < -0.39 is 0 Å². The molecule has 4 heteroatoms. The summed E-state index contributed by atoms with van der Waals surface area (Å²) in [7, 11) is 0. The average molecular weight is 274 g/mol. The fourth-order valence-electron chi connectivity index (χ4n) is 3.11. The normalized spacial score (nSPS) is 26.1. The lowest BCUT2D eigenvalue weighted by molar-refractivity contribution is -0.142.